The molecule has 0 spiro atoms. The van der Waals surface area contributed by atoms with Crippen LogP contribution in [0.4, 0.5) is 0 Å². The Hall–Kier alpha value is -0.0400. The van der Waals surface area contributed by atoms with E-state index in [1.54, 1.807) is 0 Å². The molecule has 0 N–H and O–H groups in total. The quantitative estimate of drug-likeness (QED) is 0.564. The van der Waals surface area contributed by atoms with Gasteiger partial charge in [0, 0.05) is 0 Å². The van der Waals surface area contributed by atoms with Gasteiger partial charge in [0.05, 0.1) is 11.7 Å². The van der Waals surface area contributed by atoms with Gasteiger partial charge in [0.15, 0.2) is 0 Å². The molecule has 2 aliphatic heterocycles. The summed E-state index contributed by atoms with van der Waals surface area (Å²) < 4.78 is 6.03. The molecule has 4 unspecified atom stereocenters. The number of hydrogen-bond donors (Lipinski definition) is 0. The first kappa shape index (κ1) is 7.60. The lowest BCUT2D eigenvalue weighted by molar-refractivity contribution is -0.00831. The fourth-order valence-corrected chi connectivity index (χ4v) is 2.89. The molecule has 2 bridgehead atoms. The standard InChI is InChI=1S/C10H18O/c1-4-10-6-5-9(11-10)7(2)8(10)3/h7-9H,4-6H2,1-3H3. The van der Waals surface area contributed by atoms with Crippen molar-refractivity contribution >= 4 is 0 Å². The van der Waals surface area contributed by atoms with Gasteiger partial charge in [0.25, 0.3) is 0 Å². The van der Waals surface area contributed by atoms with Crippen molar-refractivity contribution in [3.63, 3.8) is 0 Å². The molecule has 64 valence electrons. The molecular weight excluding hydrogens is 136 g/mol. The molecule has 1 nitrogen and oxygen atoms in total. The first-order valence-corrected chi connectivity index (χ1v) is 4.87. The van der Waals surface area contributed by atoms with Crippen molar-refractivity contribution < 1.29 is 4.74 Å². The van der Waals surface area contributed by atoms with Crippen LogP contribution < -0.4 is 0 Å². The zero-order valence-corrected chi connectivity index (χ0v) is 7.76. The fraction of sp³-hybridized carbons (Fsp3) is 1.00. The van der Waals surface area contributed by atoms with Gasteiger partial charge in [-0.3, -0.25) is 0 Å². The Balaban J connectivity index is 2.23. The van der Waals surface area contributed by atoms with E-state index in [1.807, 2.05) is 0 Å². The summed E-state index contributed by atoms with van der Waals surface area (Å²) in [5.74, 6) is 1.58. The number of ether oxygens (including phenoxy) is 1. The van der Waals surface area contributed by atoms with Crippen molar-refractivity contribution in [3.8, 4) is 0 Å². The van der Waals surface area contributed by atoms with Crippen LogP contribution in [0.2, 0.25) is 0 Å². The second-order valence-electron chi connectivity index (χ2n) is 4.26. The Morgan fingerprint density at radius 1 is 1.45 bits per heavy atom. The van der Waals surface area contributed by atoms with Crippen molar-refractivity contribution in [2.45, 2.75) is 51.7 Å². The van der Waals surface area contributed by atoms with Crippen molar-refractivity contribution in [3.05, 3.63) is 0 Å². The van der Waals surface area contributed by atoms with Gasteiger partial charge in [-0.05, 0) is 31.1 Å². The Labute approximate surface area is 69.1 Å². The molecule has 2 fully saturated rings. The van der Waals surface area contributed by atoms with E-state index in [9.17, 15) is 0 Å². The van der Waals surface area contributed by atoms with E-state index < -0.39 is 0 Å². The summed E-state index contributed by atoms with van der Waals surface area (Å²) in [6.45, 7) is 6.95. The minimum atomic E-state index is 0.282. The second kappa shape index (κ2) is 2.22. The van der Waals surface area contributed by atoms with Crippen LogP contribution in [-0.2, 0) is 4.74 Å². The van der Waals surface area contributed by atoms with Crippen molar-refractivity contribution in [2.75, 3.05) is 0 Å². The van der Waals surface area contributed by atoms with E-state index in [0.717, 1.165) is 11.8 Å². The van der Waals surface area contributed by atoms with Gasteiger partial charge in [0.2, 0.25) is 0 Å². The molecule has 0 aromatic carbocycles. The SMILES string of the molecule is CCC12CCC(O1)C(C)C2C. The molecule has 11 heavy (non-hydrogen) atoms. The van der Waals surface area contributed by atoms with E-state index in [4.69, 9.17) is 4.74 Å². The topological polar surface area (TPSA) is 9.23 Å². The van der Waals surface area contributed by atoms with Crippen LogP contribution in [0, 0.1) is 11.8 Å². The molecule has 0 amide bonds. The third kappa shape index (κ3) is 0.807. The Morgan fingerprint density at radius 2 is 2.18 bits per heavy atom. The molecule has 2 saturated heterocycles. The molecule has 0 aromatic rings. The van der Waals surface area contributed by atoms with E-state index in [-0.39, 0.29) is 5.60 Å². The minimum Gasteiger partial charge on any atom is -0.371 e. The molecule has 2 aliphatic rings. The Morgan fingerprint density at radius 3 is 2.55 bits per heavy atom. The summed E-state index contributed by atoms with van der Waals surface area (Å²) in [6.07, 6.45) is 4.40. The maximum Gasteiger partial charge on any atom is 0.0713 e. The fourth-order valence-electron chi connectivity index (χ4n) is 2.89. The normalized spacial score (nSPS) is 55.4. The number of fused-ring (bicyclic) bond motifs is 2. The predicted octanol–water partition coefficient (Wildman–Crippen LogP) is 2.60. The summed E-state index contributed by atoms with van der Waals surface area (Å²) in [5.41, 5.74) is 0.282. The summed E-state index contributed by atoms with van der Waals surface area (Å²) in [6, 6.07) is 0. The van der Waals surface area contributed by atoms with Gasteiger partial charge < -0.3 is 4.74 Å². The molecule has 4 atom stereocenters. The first-order chi connectivity index (χ1) is 5.19. The zero-order valence-electron chi connectivity index (χ0n) is 7.76. The first-order valence-electron chi connectivity index (χ1n) is 4.87. The zero-order chi connectivity index (χ0) is 8.06. The van der Waals surface area contributed by atoms with Crippen LogP contribution >= 0.6 is 0 Å². The second-order valence-corrected chi connectivity index (χ2v) is 4.26. The monoisotopic (exact) mass is 154 g/mol. The largest absolute Gasteiger partial charge is 0.371 e. The van der Waals surface area contributed by atoms with Crippen LogP contribution in [0.5, 0.6) is 0 Å². The highest BCUT2D eigenvalue weighted by Gasteiger charge is 2.54. The highest BCUT2D eigenvalue weighted by atomic mass is 16.5. The van der Waals surface area contributed by atoms with Crippen molar-refractivity contribution in [2.24, 2.45) is 11.8 Å². The van der Waals surface area contributed by atoms with Gasteiger partial charge in [0.1, 0.15) is 0 Å². The lowest BCUT2D eigenvalue weighted by Gasteiger charge is -2.31. The summed E-state index contributed by atoms with van der Waals surface area (Å²) in [5, 5.41) is 0. The van der Waals surface area contributed by atoms with E-state index in [0.29, 0.717) is 6.10 Å². The average molecular weight is 154 g/mol. The number of rotatable bonds is 1. The minimum absolute atomic E-state index is 0.282. The summed E-state index contributed by atoms with van der Waals surface area (Å²) >= 11 is 0. The van der Waals surface area contributed by atoms with Crippen LogP contribution in [0.15, 0.2) is 0 Å². The van der Waals surface area contributed by atoms with Crippen LogP contribution in [0.3, 0.4) is 0 Å². The van der Waals surface area contributed by atoms with Gasteiger partial charge in [-0.2, -0.15) is 0 Å². The molecule has 0 radical (unpaired) electrons. The molecule has 1 heteroatoms. The van der Waals surface area contributed by atoms with Gasteiger partial charge in [-0.25, -0.2) is 0 Å². The highest BCUT2D eigenvalue weighted by Crippen LogP contribution is 2.52. The van der Waals surface area contributed by atoms with Gasteiger partial charge in [-0.1, -0.05) is 20.8 Å². The van der Waals surface area contributed by atoms with E-state index in [1.165, 1.54) is 19.3 Å². The average Bonchev–Trinajstić information content (AvgIpc) is 2.53. The number of hydrogen-bond acceptors (Lipinski definition) is 1. The molecule has 0 aromatic heterocycles. The van der Waals surface area contributed by atoms with Crippen molar-refractivity contribution in [1.29, 1.82) is 0 Å². The maximum absolute atomic E-state index is 6.03. The lowest BCUT2D eigenvalue weighted by atomic mass is 9.72. The van der Waals surface area contributed by atoms with Crippen LogP contribution in [-0.4, -0.2) is 11.7 Å². The summed E-state index contributed by atoms with van der Waals surface area (Å²) in [7, 11) is 0. The highest BCUT2D eigenvalue weighted by molar-refractivity contribution is 5.02. The molecule has 2 heterocycles. The predicted molar refractivity (Wildman–Crippen MR) is 45.5 cm³/mol. The van der Waals surface area contributed by atoms with Crippen LogP contribution in [0.25, 0.3) is 0 Å². The van der Waals surface area contributed by atoms with Crippen LogP contribution in [0.1, 0.15) is 40.0 Å². The Kier molecular flexibility index (Phi) is 1.54. The third-order valence-corrected chi connectivity index (χ3v) is 4.04. The smallest absolute Gasteiger partial charge is 0.0713 e. The van der Waals surface area contributed by atoms with Crippen molar-refractivity contribution in [1.82, 2.24) is 0 Å². The maximum atomic E-state index is 6.03. The molecule has 2 rings (SSSR count). The van der Waals surface area contributed by atoms with E-state index >= 15 is 0 Å². The molecule has 0 saturated carbocycles. The molecule has 0 aliphatic carbocycles. The van der Waals surface area contributed by atoms with Gasteiger partial charge in [-0.15, -0.1) is 0 Å². The van der Waals surface area contributed by atoms with E-state index in [2.05, 4.69) is 20.8 Å². The molecular formula is C10H18O. The Bertz CT molecular complexity index is 166. The van der Waals surface area contributed by atoms with Gasteiger partial charge >= 0.3 is 0 Å². The summed E-state index contributed by atoms with van der Waals surface area (Å²) in [4.78, 5) is 0. The lowest BCUT2D eigenvalue weighted by Crippen LogP contribution is -2.34. The third-order valence-electron chi connectivity index (χ3n) is 4.04.